The van der Waals surface area contributed by atoms with E-state index in [0.717, 1.165) is 32.5 Å². The van der Waals surface area contributed by atoms with Gasteiger partial charge in [0.05, 0.1) is 26.4 Å². The highest BCUT2D eigenvalue weighted by molar-refractivity contribution is 6.18. The van der Waals surface area contributed by atoms with Gasteiger partial charge in [-0.25, -0.2) is 0 Å². The summed E-state index contributed by atoms with van der Waals surface area (Å²) in [7, 11) is 0. The number of alkyl halides is 1. The Kier molecular flexibility index (Phi) is 14.2. The van der Waals surface area contributed by atoms with Crippen LogP contribution >= 0.6 is 11.6 Å². The fourth-order valence-corrected chi connectivity index (χ4v) is 2.24. The number of ether oxygens (including phenoxy) is 3. The Morgan fingerprint density at radius 1 is 0.750 bits per heavy atom. The molecule has 3 nitrogen and oxygen atoms in total. The van der Waals surface area contributed by atoms with Gasteiger partial charge in [0.15, 0.2) is 0 Å². The van der Waals surface area contributed by atoms with E-state index in [1.54, 1.807) is 0 Å². The van der Waals surface area contributed by atoms with E-state index in [2.05, 4.69) is 20.8 Å². The lowest BCUT2D eigenvalue weighted by Gasteiger charge is -2.26. The maximum absolute atomic E-state index is 6.03. The van der Waals surface area contributed by atoms with Crippen LogP contribution in [0.15, 0.2) is 0 Å². The monoisotopic (exact) mass is 308 g/mol. The van der Waals surface area contributed by atoms with Crippen LogP contribution in [0.5, 0.6) is 0 Å². The molecule has 0 aliphatic heterocycles. The maximum Gasteiger partial charge on any atom is 0.0701 e. The van der Waals surface area contributed by atoms with Crippen molar-refractivity contribution in [2.75, 3.05) is 45.5 Å². The summed E-state index contributed by atoms with van der Waals surface area (Å²) in [6.45, 7) is 10.8. The summed E-state index contributed by atoms with van der Waals surface area (Å²) in [6, 6.07) is 0. The molecule has 0 radical (unpaired) electrons. The Hall–Kier alpha value is 0.170. The predicted octanol–water partition coefficient (Wildman–Crippen LogP) is 4.27. The lowest BCUT2D eigenvalue weighted by Crippen LogP contribution is -2.21. The zero-order valence-corrected chi connectivity index (χ0v) is 14.3. The van der Waals surface area contributed by atoms with E-state index < -0.39 is 0 Å². The van der Waals surface area contributed by atoms with Crippen molar-refractivity contribution in [1.82, 2.24) is 0 Å². The summed E-state index contributed by atoms with van der Waals surface area (Å²) in [4.78, 5) is 0. The highest BCUT2D eigenvalue weighted by Crippen LogP contribution is 2.28. The highest BCUT2D eigenvalue weighted by atomic mass is 35.5. The second-order valence-electron chi connectivity index (χ2n) is 5.63. The first-order chi connectivity index (χ1) is 9.68. The van der Waals surface area contributed by atoms with E-state index in [1.807, 2.05) is 0 Å². The van der Waals surface area contributed by atoms with Crippen LogP contribution in [0.1, 0.15) is 52.9 Å². The summed E-state index contributed by atoms with van der Waals surface area (Å²) in [5, 5.41) is 0. The number of hydrogen-bond acceptors (Lipinski definition) is 3. The zero-order valence-electron chi connectivity index (χ0n) is 13.6. The van der Waals surface area contributed by atoms with Crippen molar-refractivity contribution < 1.29 is 14.2 Å². The smallest absolute Gasteiger partial charge is 0.0701 e. The number of halogens is 1. The number of rotatable bonds is 15. The van der Waals surface area contributed by atoms with Crippen molar-refractivity contribution in [3.8, 4) is 0 Å². The summed E-state index contributed by atoms with van der Waals surface area (Å²) in [5.41, 5.74) is 0.213. The van der Waals surface area contributed by atoms with Gasteiger partial charge >= 0.3 is 0 Å². The zero-order chi connectivity index (χ0) is 15.1. The molecule has 0 N–H and O–H groups in total. The second-order valence-corrected chi connectivity index (χ2v) is 5.90. The SMILES string of the molecule is CCCCOCCOCCOCCC(C)(CCl)CCC. The third kappa shape index (κ3) is 12.0. The Morgan fingerprint density at radius 3 is 1.80 bits per heavy atom. The lowest BCUT2D eigenvalue weighted by atomic mass is 9.85. The fourth-order valence-electron chi connectivity index (χ4n) is 1.97. The van der Waals surface area contributed by atoms with Crippen LogP contribution in [0.4, 0.5) is 0 Å². The van der Waals surface area contributed by atoms with Crippen LogP contribution in [0, 0.1) is 5.41 Å². The van der Waals surface area contributed by atoms with Crippen molar-refractivity contribution >= 4 is 11.6 Å². The molecule has 0 rings (SSSR count). The molecule has 0 aromatic carbocycles. The van der Waals surface area contributed by atoms with Gasteiger partial charge in [-0.2, -0.15) is 0 Å². The highest BCUT2D eigenvalue weighted by Gasteiger charge is 2.21. The van der Waals surface area contributed by atoms with Crippen molar-refractivity contribution in [2.24, 2.45) is 5.41 Å². The number of hydrogen-bond donors (Lipinski definition) is 0. The van der Waals surface area contributed by atoms with E-state index in [9.17, 15) is 0 Å². The Morgan fingerprint density at radius 2 is 1.30 bits per heavy atom. The van der Waals surface area contributed by atoms with Gasteiger partial charge in [0, 0.05) is 19.1 Å². The van der Waals surface area contributed by atoms with Gasteiger partial charge in [0.25, 0.3) is 0 Å². The molecule has 0 spiro atoms. The van der Waals surface area contributed by atoms with Gasteiger partial charge in [0.1, 0.15) is 0 Å². The van der Waals surface area contributed by atoms with Gasteiger partial charge in [-0.05, 0) is 24.7 Å². The molecule has 0 saturated carbocycles. The van der Waals surface area contributed by atoms with Crippen LogP contribution in [0.2, 0.25) is 0 Å². The molecule has 1 atom stereocenters. The molecule has 0 heterocycles. The van der Waals surface area contributed by atoms with Crippen LogP contribution in [0.25, 0.3) is 0 Å². The molecule has 4 heteroatoms. The standard InChI is InChI=1S/C16H33ClO3/c1-4-6-9-18-11-13-20-14-12-19-10-8-16(3,15-17)7-5-2/h4-15H2,1-3H3. The van der Waals surface area contributed by atoms with E-state index >= 15 is 0 Å². The third-order valence-electron chi connectivity index (χ3n) is 3.41. The Balaban J connectivity index is 3.27. The first kappa shape index (κ1) is 20.2. The quantitative estimate of drug-likeness (QED) is 0.334. The average Bonchev–Trinajstić information content (AvgIpc) is 2.45. The third-order valence-corrected chi connectivity index (χ3v) is 4.06. The van der Waals surface area contributed by atoms with E-state index in [1.165, 1.54) is 12.8 Å². The van der Waals surface area contributed by atoms with E-state index in [-0.39, 0.29) is 5.41 Å². The largest absolute Gasteiger partial charge is 0.379 e. The lowest BCUT2D eigenvalue weighted by molar-refractivity contribution is 0.00911. The topological polar surface area (TPSA) is 27.7 Å². The minimum atomic E-state index is 0.213. The van der Waals surface area contributed by atoms with E-state index in [4.69, 9.17) is 25.8 Å². The minimum absolute atomic E-state index is 0.213. The van der Waals surface area contributed by atoms with Crippen LogP contribution in [-0.2, 0) is 14.2 Å². The fraction of sp³-hybridized carbons (Fsp3) is 1.00. The van der Waals surface area contributed by atoms with Gasteiger partial charge in [-0.3, -0.25) is 0 Å². The van der Waals surface area contributed by atoms with Gasteiger partial charge < -0.3 is 14.2 Å². The molecular formula is C16H33ClO3. The van der Waals surface area contributed by atoms with Gasteiger partial charge in [0.2, 0.25) is 0 Å². The van der Waals surface area contributed by atoms with Crippen molar-refractivity contribution in [2.45, 2.75) is 52.9 Å². The maximum atomic E-state index is 6.03. The first-order valence-electron chi connectivity index (χ1n) is 7.97. The molecule has 0 aliphatic carbocycles. The van der Waals surface area contributed by atoms with Crippen molar-refractivity contribution in [3.63, 3.8) is 0 Å². The van der Waals surface area contributed by atoms with Crippen LogP contribution < -0.4 is 0 Å². The molecular weight excluding hydrogens is 276 g/mol. The average molecular weight is 309 g/mol. The Bertz CT molecular complexity index is 202. The first-order valence-corrected chi connectivity index (χ1v) is 8.51. The molecule has 0 amide bonds. The summed E-state index contributed by atoms with van der Waals surface area (Å²) in [5.74, 6) is 0.704. The van der Waals surface area contributed by atoms with Gasteiger partial charge in [-0.15, -0.1) is 11.6 Å². The number of unbranched alkanes of at least 4 members (excludes halogenated alkanes) is 1. The summed E-state index contributed by atoms with van der Waals surface area (Å²) in [6.07, 6.45) is 5.65. The molecule has 1 unspecified atom stereocenters. The molecule has 0 aliphatic rings. The summed E-state index contributed by atoms with van der Waals surface area (Å²) < 4.78 is 16.4. The Labute approximate surface area is 130 Å². The molecule has 0 saturated heterocycles. The van der Waals surface area contributed by atoms with Crippen molar-refractivity contribution in [1.29, 1.82) is 0 Å². The van der Waals surface area contributed by atoms with Crippen LogP contribution in [-0.4, -0.2) is 45.5 Å². The van der Waals surface area contributed by atoms with Crippen molar-refractivity contribution in [3.05, 3.63) is 0 Å². The molecule has 0 aromatic rings. The molecule has 0 aromatic heterocycles. The molecule has 0 bridgehead atoms. The summed E-state index contributed by atoms with van der Waals surface area (Å²) >= 11 is 6.03. The molecule has 20 heavy (non-hydrogen) atoms. The predicted molar refractivity (Wildman–Crippen MR) is 85.7 cm³/mol. The van der Waals surface area contributed by atoms with Crippen LogP contribution in [0.3, 0.4) is 0 Å². The molecule has 122 valence electrons. The minimum Gasteiger partial charge on any atom is -0.379 e. The molecule has 0 fully saturated rings. The van der Waals surface area contributed by atoms with Gasteiger partial charge in [-0.1, -0.05) is 33.6 Å². The normalized spacial score (nSPS) is 14.4. The van der Waals surface area contributed by atoms with E-state index in [0.29, 0.717) is 32.3 Å². The second kappa shape index (κ2) is 14.1.